The Labute approximate surface area is 109 Å². The summed E-state index contributed by atoms with van der Waals surface area (Å²) < 4.78 is 1.74. The highest BCUT2D eigenvalue weighted by atomic mass is 16.1. The average molecular weight is 254 g/mol. The molecule has 5 heteroatoms. The molecule has 96 valence electrons. The third kappa shape index (κ3) is 1.84. The Kier molecular flexibility index (Phi) is 2.68. The van der Waals surface area contributed by atoms with E-state index in [1.54, 1.807) is 4.68 Å². The van der Waals surface area contributed by atoms with Crippen molar-refractivity contribution in [2.75, 3.05) is 0 Å². The molecule has 0 aliphatic rings. The van der Waals surface area contributed by atoms with Crippen molar-refractivity contribution in [2.45, 2.75) is 13.5 Å². The van der Waals surface area contributed by atoms with Crippen LogP contribution in [0, 0.1) is 6.92 Å². The summed E-state index contributed by atoms with van der Waals surface area (Å²) >= 11 is 0. The highest BCUT2D eigenvalue weighted by molar-refractivity contribution is 5.80. The number of nitrogens with zero attached hydrogens (tertiary/aromatic N) is 2. The summed E-state index contributed by atoms with van der Waals surface area (Å²) in [4.78, 5) is 14.7. The van der Waals surface area contributed by atoms with Gasteiger partial charge in [-0.3, -0.25) is 4.79 Å². The van der Waals surface area contributed by atoms with Crippen molar-refractivity contribution < 1.29 is 0 Å². The van der Waals surface area contributed by atoms with Gasteiger partial charge in [-0.25, -0.2) is 4.68 Å². The SMILES string of the molecule is Cc1nn(-c2ccccc2)c2[nH]c(=O)c(CN)cc12. The van der Waals surface area contributed by atoms with Gasteiger partial charge in [0.2, 0.25) is 0 Å². The lowest BCUT2D eigenvalue weighted by Gasteiger charge is -2.03. The molecule has 0 saturated carbocycles. The van der Waals surface area contributed by atoms with Crippen LogP contribution in [0.5, 0.6) is 0 Å². The van der Waals surface area contributed by atoms with Gasteiger partial charge in [-0.2, -0.15) is 5.10 Å². The number of hydrogen-bond donors (Lipinski definition) is 2. The zero-order chi connectivity index (χ0) is 13.4. The number of fused-ring (bicyclic) bond motifs is 1. The quantitative estimate of drug-likeness (QED) is 0.727. The van der Waals surface area contributed by atoms with E-state index in [4.69, 9.17) is 5.73 Å². The molecule has 0 fully saturated rings. The maximum absolute atomic E-state index is 11.9. The van der Waals surface area contributed by atoms with Gasteiger partial charge in [0.25, 0.3) is 5.56 Å². The van der Waals surface area contributed by atoms with Crippen molar-refractivity contribution in [3.05, 3.63) is 58.0 Å². The van der Waals surface area contributed by atoms with Crippen LogP contribution in [0.4, 0.5) is 0 Å². The Morgan fingerprint density at radius 3 is 2.74 bits per heavy atom. The van der Waals surface area contributed by atoms with E-state index in [9.17, 15) is 4.79 Å². The first-order valence-corrected chi connectivity index (χ1v) is 6.07. The van der Waals surface area contributed by atoms with Gasteiger partial charge in [0.1, 0.15) is 5.65 Å². The van der Waals surface area contributed by atoms with Crippen molar-refractivity contribution in [1.29, 1.82) is 0 Å². The topological polar surface area (TPSA) is 76.7 Å². The van der Waals surface area contributed by atoms with E-state index in [0.29, 0.717) is 11.2 Å². The van der Waals surface area contributed by atoms with Crippen LogP contribution in [-0.4, -0.2) is 14.8 Å². The Bertz CT molecular complexity index is 786. The van der Waals surface area contributed by atoms with Crippen LogP contribution in [-0.2, 0) is 6.54 Å². The van der Waals surface area contributed by atoms with E-state index in [1.807, 2.05) is 43.3 Å². The van der Waals surface area contributed by atoms with E-state index in [1.165, 1.54) is 0 Å². The Morgan fingerprint density at radius 2 is 2.05 bits per heavy atom. The van der Waals surface area contributed by atoms with E-state index in [-0.39, 0.29) is 12.1 Å². The van der Waals surface area contributed by atoms with Gasteiger partial charge in [-0.1, -0.05) is 18.2 Å². The van der Waals surface area contributed by atoms with Crippen LogP contribution in [0.1, 0.15) is 11.3 Å². The fourth-order valence-electron chi connectivity index (χ4n) is 2.17. The normalized spacial score (nSPS) is 11.1. The minimum Gasteiger partial charge on any atom is -0.326 e. The number of para-hydroxylation sites is 1. The second kappa shape index (κ2) is 4.37. The fourth-order valence-corrected chi connectivity index (χ4v) is 2.17. The lowest BCUT2D eigenvalue weighted by molar-refractivity contribution is 0.874. The molecule has 0 atom stereocenters. The molecule has 0 spiro atoms. The molecular weight excluding hydrogens is 240 g/mol. The molecule has 0 aliphatic heterocycles. The summed E-state index contributed by atoms with van der Waals surface area (Å²) in [6, 6.07) is 11.5. The summed E-state index contributed by atoms with van der Waals surface area (Å²) in [5, 5.41) is 5.40. The molecule has 5 nitrogen and oxygen atoms in total. The fraction of sp³-hybridized carbons (Fsp3) is 0.143. The van der Waals surface area contributed by atoms with Crippen molar-refractivity contribution in [3.8, 4) is 5.69 Å². The summed E-state index contributed by atoms with van der Waals surface area (Å²) in [5.41, 5.74) is 8.45. The second-order valence-corrected chi connectivity index (χ2v) is 4.42. The van der Waals surface area contributed by atoms with Crippen molar-refractivity contribution in [1.82, 2.24) is 14.8 Å². The summed E-state index contributed by atoms with van der Waals surface area (Å²) in [6.45, 7) is 2.14. The third-order valence-electron chi connectivity index (χ3n) is 3.17. The second-order valence-electron chi connectivity index (χ2n) is 4.42. The molecule has 0 amide bonds. The molecule has 2 heterocycles. The number of nitrogens with two attached hydrogens (primary N) is 1. The van der Waals surface area contributed by atoms with E-state index in [0.717, 1.165) is 16.8 Å². The van der Waals surface area contributed by atoms with Crippen LogP contribution >= 0.6 is 0 Å². The minimum atomic E-state index is -0.160. The van der Waals surface area contributed by atoms with Gasteiger partial charge in [-0.15, -0.1) is 0 Å². The summed E-state index contributed by atoms with van der Waals surface area (Å²) in [5.74, 6) is 0. The average Bonchev–Trinajstić information content (AvgIpc) is 2.75. The molecule has 0 aliphatic carbocycles. The molecule has 3 N–H and O–H groups in total. The molecule has 1 aromatic carbocycles. The molecular formula is C14H14N4O. The van der Waals surface area contributed by atoms with Crippen LogP contribution in [0.3, 0.4) is 0 Å². The maximum atomic E-state index is 11.9. The molecule has 0 saturated heterocycles. The Balaban J connectivity index is 2.34. The highest BCUT2D eigenvalue weighted by Gasteiger charge is 2.11. The van der Waals surface area contributed by atoms with Crippen molar-refractivity contribution in [3.63, 3.8) is 0 Å². The van der Waals surface area contributed by atoms with Gasteiger partial charge < -0.3 is 10.7 Å². The first-order valence-electron chi connectivity index (χ1n) is 6.07. The monoisotopic (exact) mass is 254 g/mol. The number of nitrogens with one attached hydrogen (secondary N) is 1. The first kappa shape index (κ1) is 11.7. The number of rotatable bonds is 2. The zero-order valence-corrected chi connectivity index (χ0v) is 10.6. The number of hydrogen-bond acceptors (Lipinski definition) is 3. The third-order valence-corrected chi connectivity index (χ3v) is 3.17. The number of H-pyrrole nitrogens is 1. The van der Waals surface area contributed by atoms with E-state index < -0.39 is 0 Å². The standard InChI is InChI=1S/C14H14N4O/c1-9-12-7-10(8-15)14(19)16-13(12)18(17-9)11-5-3-2-4-6-11/h2-7H,8,15H2,1H3,(H,16,19). The maximum Gasteiger partial charge on any atom is 0.254 e. The Morgan fingerprint density at radius 1 is 1.32 bits per heavy atom. The smallest absolute Gasteiger partial charge is 0.254 e. The predicted molar refractivity (Wildman–Crippen MR) is 74.3 cm³/mol. The molecule has 3 aromatic rings. The van der Waals surface area contributed by atoms with Crippen LogP contribution in [0.2, 0.25) is 0 Å². The summed E-state index contributed by atoms with van der Waals surface area (Å²) in [6.07, 6.45) is 0. The predicted octanol–water partition coefficient (Wildman–Crippen LogP) is 1.48. The molecule has 2 aromatic heterocycles. The van der Waals surface area contributed by atoms with Crippen molar-refractivity contribution >= 4 is 11.0 Å². The van der Waals surface area contributed by atoms with E-state index >= 15 is 0 Å². The molecule has 0 bridgehead atoms. The minimum absolute atomic E-state index is 0.160. The summed E-state index contributed by atoms with van der Waals surface area (Å²) in [7, 11) is 0. The first-order chi connectivity index (χ1) is 9.20. The lowest BCUT2D eigenvalue weighted by Crippen LogP contribution is -2.16. The molecule has 3 rings (SSSR count). The molecule has 19 heavy (non-hydrogen) atoms. The zero-order valence-electron chi connectivity index (χ0n) is 10.6. The Hall–Kier alpha value is -2.40. The largest absolute Gasteiger partial charge is 0.326 e. The number of pyridine rings is 1. The van der Waals surface area contributed by atoms with Crippen LogP contribution < -0.4 is 11.3 Å². The van der Waals surface area contributed by atoms with E-state index in [2.05, 4.69) is 10.1 Å². The van der Waals surface area contributed by atoms with Crippen LogP contribution in [0.25, 0.3) is 16.7 Å². The number of aromatic amines is 1. The number of benzene rings is 1. The van der Waals surface area contributed by atoms with Crippen molar-refractivity contribution in [2.24, 2.45) is 5.73 Å². The van der Waals surface area contributed by atoms with Crippen LogP contribution in [0.15, 0.2) is 41.2 Å². The lowest BCUT2D eigenvalue weighted by atomic mass is 10.2. The van der Waals surface area contributed by atoms with Gasteiger partial charge in [0, 0.05) is 17.5 Å². The highest BCUT2D eigenvalue weighted by Crippen LogP contribution is 2.19. The van der Waals surface area contributed by atoms with Gasteiger partial charge in [0.05, 0.1) is 11.4 Å². The molecule has 0 unspecified atom stereocenters. The van der Waals surface area contributed by atoms with Gasteiger partial charge in [-0.05, 0) is 25.1 Å². The number of aryl methyl sites for hydroxylation is 1. The number of aromatic nitrogens is 3. The molecule has 0 radical (unpaired) electrons. The van der Waals surface area contributed by atoms with Gasteiger partial charge >= 0.3 is 0 Å². The van der Waals surface area contributed by atoms with Gasteiger partial charge in [0.15, 0.2) is 0 Å².